The first-order chi connectivity index (χ1) is 13.3. The predicted molar refractivity (Wildman–Crippen MR) is 107 cm³/mol. The minimum absolute atomic E-state index is 0.234. The van der Waals surface area contributed by atoms with Crippen LogP contribution in [0.25, 0.3) is 22.3 Å². The van der Waals surface area contributed by atoms with Gasteiger partial charge < -0.3 is 5.32 Å². The zero-order valence-electron chi connectivity index (χ0n) is 15.4. The molecule has 136 valence electrons. The minimum atomic E-state index is 0.234. The van der Waals surface area contributed by atoms with E-state index in [0.29, 0.717) is 0 Å². The first kappa shape index (κ1) is 15.6. The van der Waals surface area contributed by atoms with Gasteiger partial charge in [0.15, 0.2) is 5.82 Å². The van der Waals surface area contributed by atoms with Crippen molar-refractivity contribution in [2.75, 3.05) is 5.32 Å². The number of hydrogen-bond acceptors (Lipinski definition) is 4. The highest BCUT2D eigenvalue weighted by atomic mass is 15.1. The minimum Gasteiger partial charge on any atom is -0.364 e. The highest BCUT2D eigenvalue weighted by Crippen LogP contribution is 2.56. The van der Waals surface area contributed by atoms with Crippen LogP contribution >= 0.6 is 0 Å². The van der Waals surface area contributed by atoms with Gasteiger partial charge in [0.25, 0.3) is 0 Å². The Bertz CT molecular complexity index is 962. The van der Waals surface area contributed by atoms with E-state index in [1.165, 1.54) is 38.5 Å². The van der Waals surface area contributed by atoms with Gasteiger partial charge in [-0.3, -0.25) is 4.98 Å². The molecule has 3 aromatic rings. The Kier molecular flexibility index (Phi) is 3.31. The molecule has 0 radical (unpaired) electrons. The third-order valence-electron chi connectivity index (χ3n) is 6.94. The molecular formula is C23H24N4. The molecule has 0 unspecified atom stereocenters. The van der Waals surface area contributed by atoms with Crippen LogP contribution in [-0.2, 0) is 0 Å². The molecule has 0 saturated heterocycles. The molecule has 0 aliphatic heterocycles. The normalized spacial score (nSPS) is 31.3. The maximum atomic E-state index is 4.99. The molecule has 4 heteroatoms. The summed E-state index contributed by atoms with van der Waals surface area (Å²) in [5.41, 5.74) is 2.20. The molecule has 4 nitrogen and oxygen atoms in total. The summed E-state index contributed by atoms with van der Waals surface area (Å²) in [6.45, 7) is 0. The lowest BCUT2D eigenvalue weighted by Gasteiger charge is -2.57. The molecule has 27 heavy (non-hydrogen) atoms. The quantitative estimate of drug-likeness (QED) is 0.711. The van der Waals surface area contributed by atoms with Gasteiger partial charge in [0.1, 0.15) is 5.82 Å². The van der Waals surface area contributed by atoms with Gasteiger partial charge in [0.2, 0.25) is 0 Å². The standard InChI is InChI=1S/C23H24N4/c1-2-6-20-19(5-1)22(26-21(25-20)18-4-3-7-24-14-18)27-23-11-15-8-16(12-23)10-17(9-15)13-23/h1-7,14-17H,8-13H2,(H,25,26,27). The SMILES string of the molecule is c1cncc(-c2nc(NC34CC5CC(CC(C5)C3)C4)c3ccccc3n2)c1. The van der Waals surface area contributed by atoms with E-state index in [0.717, 1.165) is 45.9 Å². The van der Waals surface area contributed by atoms with Crippen molar-refractivity contribution in [2.24, 2.45) is 17.8 Å². The molecule has 4 aliphatic carbocycles. The van der Waals surface area contributed by atoms with Crippen LogP contribution in [0.2, 0.25) is 0 Å². The molecule has 1 aromatic carbocycles. The van der Waals surface area contributed by atoms with Gasteiger partial charge in [0.05, 0.1) is 5.52 Å². The number of hydrogen-bond donors (Lipinski definition) is 1. The largest absolute Gasteiger partial charge is 0.364 e. The van der Waals surface area contributed by atoms with Gasteiger partial charge in [-0.15, -0.1) is 0 Å². The number of nitrogens with zero attached hydrogens (tertiary/aromatic N) is 3. The predicted octanol–water partition coefficient (Wildman–Crippen LogP) is 5.07. The van der Waals surface area contributed by atoms with Crippen molar-refractivity contribution in [1.82, 2.24) is 15.0 Å². The molecule has 4 fully saturated rings. The topological polar surface area (TPSA) is 50.7 Å². The zero-order chi connectivity index (χ0) is 17.8. The fourth-order valence-corrected chi connectivity index (χ4v) is 6.31. The van der Waals surface area contributed by atoms with Crippen LogP contribution in [0.15, 0.2) is 48.8 Å². The highest BCUT2D eigenvalue weighted by molar-refractivity contribution is 5.90. The fraction of sp³-hybridized carbons (Fsp3) is 0.435. The molecule has 4 bridgehead atoms. The Morgan fingerprint density at radius 1 is 0.852 bits per heavy atom. The number of para-hydroxylation sites is 1. The van der Waals surface area contributed by atoms with Gasteiger partial charge in [-0.2, -0.15) is 0 Å². The lowest BCUT2D eigenvalue weighted by molar-refractivity contribution is 0.0106. The summed E-state index contributed by atoms with van der Waals surface area (Å²) in [4.78, 5) is 14.0. The van der Waals surface area contributed by atoms with Crippen molar-refractivity contribution in [1.29, 1.82) is 0 Å². The van der Waals surface area contributed by atoms with Gasteiger partial charge in [-0.05, 0) is 80.5 Å². The first-order valence-corrected chi connectivity index (χ1v) is 10.2. The number of anilines is 1. The van der Waals surface area contributed by atoms with Crippen molar-refractivity contribution in [3.63, 3.8) is 0 Å². The summed E-state index contributed by atoms with van der Waals surface area (Å²) < 4.78 is 0. The lowest BCUT2D eigenvalue weighted by Crippen LogP contribution is -2.54. The molecule has 4 aliphatic rings. The number of pyridine rings is 1. The van der Waals surface area contributed by atoms with Gasteiger partial charge in [-0.25, -0.2) is 9.97 Å². The van der Waals surface area contributed by atoms with Gasteiger partial charge >= 0.3 is 0 Å². The van der Waals surface area contributed by atoms with Crippen molar-refractivity contribution >= 4 is 16.7 Å². The Morgan fingerprint density at radius 2 is 1.59 bits per heavy atom. The summed E-state index contributed by atoms with van der Waals surface area (Å²) in [6, 6.07) is 12.3. The summed E-state index contributed by atoms with van der Waals surface area (Å²) in [7, 11) is 0. The second-order valence-electron chi connectivity index (χ2n) is 8.98. The maximum Gasteiger partial charge on any atom is 0.163 e. The van der Waals surface area contributed by atoms with Crippen molar-refractivity contribution in [3.05, 3.63) is 48.8 Å². The number of nitrogens with one attached hydrogen (secondary N) is 1. The van der Waals surface area contributed by atoms with Gasteiger partial charge in [0, 0.05) is 28.9 Å². The van der Waals surface area contributed by atoms with E-state index in [2.05, 4.69) is 34.6 Å². The number of fused-ring (bicyclic) bond motifs is 1. The first-order valence-electron chi connectivity index (χ1n) is 10.2. The zero-order valence-corrected chi connectivity index (χ0v) is 15.4. The number of aromatic nitrogens is 3. The Morgan fingerprint density at radius 3 is 2.30 bits per heavy atom. The third kappa shape index (κ3) is 2.61. The fourth-order valence-electron chi connectivity index (χ4n) is 6.31. The van der Waals surface area contributed by atoms with E-state index in [9.17, 15) is 0 Å². The summed E-state index contributed by atoms with van der Waals surface area (Å²) >= 11 is 0. The average molecular weight is 356 g/mol. The number of rotatable bonds is 3. The van der Waals surface area contributed by atoms with Crippen LogP contribution in [0.1, 0.15) is 38.5 Å². The smallest absolute Gasteiger partial charge is 0.163 e. The summed E-state index contributed by atoms with van der Waals surface area (Å²) in [6.07, 6.45) is 11.9. The molecule has 0 spiro atoms. The van der Waals surface area contributed by atoms with E-state index < -0.39 is 0 Å². The van der Waals surface area contributed by atoms with Crippen LogP contribution in [-0.4, -0.2) is 20.5 Å². The molecular weight excluding hydrogens is 332 g/mol. The van der Waals surface area contributed by atoms with Crippen LogP contribution in [0.5, 0.6) is 0 Å². The number of benzene rings is 1. The average Bonchev–Trinajstić information content (AvgIpc) is 2.67. The van der Waals surface area contributed by atoms with E-state index in [1.54, 1.807) is 6.20 Å². The van der Waals surface area contributed by atoms with E-state index in [-0.39, 0.29) is 5.54 Å². The molecule has 4 saturated carbocycles. The van der Waals surface area contributed by atoms with Crippen LogP contribution in [0.3, 0.4) is 0 Å². The van der Waals surface area contributed by atoms with Crippen LogP contribution in [0, 0.1) is 17.8 Å². The second kappa shape index (κ2) is 5.75. The summed E-state index contributed by atoms with van der Waals surface area (Å²) in [5, 5.41) is 5.09. The maximum absolute atomic E-state index is 4.99. The van der Waals surface area contributed by atoms with Crippen LogP contribution in [0.4, 0.5) is 5.82 Å². The second-order valence-corrected chi connectivity index (χ2v) is 8.98. The molecule has 1 N–H and O–H groups in total. The molecule has 7 rings (SSSR count). The van der Waals surface area contributed by atoms with Crippen molar-refractivity contribution < 1.29 is 0 Å². The highest BCUT2D eigenvalue weighted by Gasteiger charge is 2.51. The molecule has 2 heterocycles. The molecule has 0 atom stereocenters. The Balaban J connectivity index is 1.45. The van der Waals surface area contributed by atoms with E-state index in [1.807, 2.05) is 18.3 Å². The van der Waals surface area contributed by atoms with Crippen molar-refractivity contribution in [3.8, 4) is 11.4 Å². The van der Waals surface area contributed by atoms with Gasteiger partial charge in [-0.1, -0.05) is 12.1 Å². The molecule has 0 amide bonds. The Labute approximate surface area is 159 Å². The van der Waals surface area contributed by atoms with Crippen molar-refractivity contribution in [2.45, 2.75) is 44.1 Å². The monoisotopic (exact) mass is 356 g/mol. The lowest BCUT2D eigenvalue weighted by atomic mass is 9.53. The van der Waals surface area contributed by atoms with E-state index in [4.69, 9.17) is 9.97 Å². The molecule has 2 aromatic heterocycles. The summed E-state index contributed by atoms with van der Waals surface area (Å²) in [5.74, 6) is 4.49. The third-order valence-corrected chi connectivity index (χ3v) is 6.94. The van der Waals surface area contributed by atoms with Crippen LogP contribution < -0.4 is 5.32 Å². The van der Waals surface area contributed by atoms with E-state index >= 15 is 0 Å². The Hall–Kier alpha value is -2.49.